The van der Waals surface area contributed by atoms with E-state index in [1.54, 1.807) is 0 Å². The van der Waals surface area contributed by atoms with Crippen LogP contribution in [0.15, 0.2) is 231 Å². The van der Waals surface area contributed by atoms with Gasteiger partial charge >= 0.3 is 0 Å². The fraction of sp³-hybridized carbons (Fsp3) is 0.231. The molecule has 10 aromatic carbocycles. The minimum Gasteiger partial charge on any atom is -0.310 e. The molecule has 0 bridgehead atoms. The van der Waals surface area contributed by atoms with Crippen molar-refractivity contribution in [3.8, 4) is 44.5 Å². The van der Waals surface area contributed by atoms with Crippen molar-refractivity contribution < 1.29 is 0 Å². The maximum absolute atomic E-state index is 2.60. The van der Waals surface area contributed by atoms with Crippen LogP contribution >= 0.6 is 11.3 Å². The third-order valence-electron chi connectivity index (χ3n) is 18.2. The second-order valence-electron chi connectivity index (χ2n) is 23.1. The Morgan fingerprint density at radius 2 is 0.568 bits per heavy atom. The third-order valence-corrected chi connectivity index (χ3v) is 19.4. The van der Waals surface area contributed by atoms with Crippen LogP contribution in [0.4, 0.5) is 34.1 Å². The number of rotatable bonds is 20. The second kappa shape index (κ2) is 22.5. The zero-order valence-corrected chi connectivity index (χ0v) is 48.5. The predicted molar refractivity (Wildman–Crippen MR) is 350 cm³/mol. The lowest BCUT2D eigenvalue weighted by molar-refractivity contribution is 0.414. The van der Waals surface area contributed by atoms with Crippen molar-refractivity contribution in [3.63, 3.8) is 0 Å². The molecule has 11 aromatic rings. The number of hydrogen-bond donors (Lipinski definition) is 0. The number of thiophene rings is 1. The van der Waals surface area contributed by atoms with Gasteiger partial charge in [0, 0.05) is 65.1 Å². The lowest BCUT2D eigenvalue weighted by Gasteiger charge is -2.34. The molecule has 1 aromatic heterocycles. The first kappa shape index (κ1) is 52.4. The van der Waals surface area contributed by atoms with Crippen LogP contribution in [-0.2, 0) is 10.8 Å². The molecule has 0 atom stereocenters. The Kier molecular flexibility index (Phi) is 14.6. The summed E-state index contributed by atoms with van der Waals surface area (Å²) in [7, 11) is 0. The Morgan fingerprint density at radius 3 is 0.889 bits per heavy atom. The third kappa shape index (κ3) is 9.38. The molecule has 2 aliphatic rings. The first-order valence-corrected chi connectivity index (χ1v) is 31.1. The second-order valence-corrected chi connectivity index (χ2v) is 24.2. The molecule has 0 saturated heterocycles. The zero-order valence-electron chi connectivity index (χ0n) is 47.7. The fourth-order valence-corrected chi connectivity index (χ4v) is 15.3. The van der Waals surface area contributed by atoms with Crippen LogP contribution in [0.5, 0.6) is 0 Å². The Balaban J connectivity index is 0.887. The van der Waals surface area contributed by atoms with Crippen LogP contribution in [0.1, 0.15) is 127 Å². The SMILES string of the molecule is CCCCC1(CCCC)c2cc(-c3ccc4sc5ccc(-c6ccc7c(c6)C(CCCC)(CCCC)c6cc(N(c8ccccc8)c8ccccc8)ccc6-7)cc5c4c3)ccc2-c2ccc(N(c3ccccc3)c3ccccc3)cc21. The maximum Gasteiger partial charge on any atom is 0.0465 e. The van der Waals surface area contributed by atoms with Crippen molar-refractivity contribution in [1.29, 1.82) is 0 Å². The summed E-state index contributed by atoms with van der Waals surface area (Å²) < 4.78 is 2.68. The molecule has 0 amide bonds. The van der Waals surface area contributed by atoms with Crippen LogP contribution in [0.25, 0.3) is 64.7 Å². The van der Waals surface area contributed by atoms with Crippen LogP contribution in [-0.4, -0.2) is 0 Å². The van der Waals surface area contributed by atoms with Crippen LogP contribution < -0.4 is 9.80 Å². The Labute approximate surface area is 485 Å². The smallest absolute Gasteiger partial charge is 0.0465 e. The Morgan fingerprint density at radius 1 is 0.284 bits per heavy atom. The van der Waals surface area contributed by atoms with Crippen molar-refractivity contribution in [2.24, 2.45) is 0 Å². The summed E-state index contributed by atoms with van der Waals surface area (Å²) in [5.74, 6) is 0. The molecule has 0 unspecified atom stereocenters. The van der Waals surface area contributed by atoms with E-state index in [1.165, 1.54) is 172 Å². The highest BCUT2D eigenvalue weighted by molar-refractivity contribution is 7.25. The average molecular weight is 1070 g/mol. The number of hydrogen-bond acceptors (Lipinski definition) is 3. The van der Waals surface area contributed by atoms with E-state index in [2.05, 4.69) is 268 Å². The zero-order chi connectivity index (χ0) is 54.9. The summed E-state index contributed by atoms with van der Waals surface area (Å²) >= 11 is 1.92. The minimum absolute atomic E-state index is 0.0787. The van der Waals surface area contributed by atoms with Crippen LogP contribution in [0.3, 0.4) is 0 Å². The van der Waals surface area contributed by atoms with Gasteiger partial charge < -0.3 is 9.80 Å². The van der Waals surface area contributed by atoms with Gasteiger partial charge in [0.15, 0.2) is 0 Å². The highest BCUT2D eigenvalue weighted by Crippen LogP contribution is 2.58. The van der Waals surface area contributed by atoms with E-state index in [9.17, 15) is 0 Å². The first-order chi connectivity index (χ1) is 39.9. The summed E-state index contributed by atoms with van der Waals surface area (Å²) in [6, 6.07) is 87.7. The number of benzene rings is 10. The number of anilines is 6. The fourth-order valence-electron chi connectivity index (χ4n) is 14.2. The molecule has 0 saturated carbocycles. The molecule has 0 N–H and O–H groups in total. The summed E-state index contributed by atoms with van der Waals surface area (Å²) in [5.41, 5.74) is 23.7. The molecule has 1 heterocycles. The van der Waals surface area contributed by atoms with Gasteiger partial charge in [0.1, 0.15) is 0 Å². The number of fused-ring (bicyclic) bond motifs is 9. The van der Waals surface area contributed by atoms with Crippen LogP contribution in [0.2, 0.25) is 0 Å². The number of unbranched alkanes of at least 4 members (excludes halogenated alkanes) is 4. The molecule has 0 fully saturated rings. The predicted octanol–water partition coefficient (Wildman–Crippen LogP) is 23.6. The van der Waals surface area contributed by atoms with Gasteiger partial charge in [-0.1, -0.05) is 200 Å². The van der Waals surface area contributed by atoms with Gasteiger partial charge in [-0.2, -0.15) is 0 Å². The molecule has 81 heavy (non-hydrogen) atoms. The monoisotopic (exact) mass is 1070 g/mol. The van der Waals surface area contributed by atoms with Crippen molar-refractivity contribution >= 4 is 65.6 Å². The van der Waals surface area contributed by atoms with E-state index in [-0.39, 0.29) is 10.8 Å². The van der Waals surface area contributed by atoms with Crippen molar-refractivity contribution in [2.45, 2.75) is 116 Å². The highest BCUT2D eigenvalue weighted by atomic mass is 32.1. The summed E-state index contributed by atoms with van der Waals surface area (Å²) in [5, 5.41) is 2.69. The van der Waals surface area contributed by atoms with E-state index in [4.69, 9.17) is 0 Å². The van der Waals surface area contributed by atoms with Gasteiger partial charge in [0.05, 0.1) is 0 Å². The van der Waals surface area contributed by atoms with Crippen molar-refractivity contribution in [1.82, 2.24) is 0 Å². The first-order valence-electron chi connectivity index (χ1n) is 30.3. The molecule has 402 valence electrons. The van der Waals surface area contributed by atoms with Gasteiger partial charge in [-0.15, -0.1) is 11.3 Å². The van der Waals surface area contributed by atoms with Crippen LogP contribution in [0, 0.1) is 0 Å². The topological polar surface area (TPSA) is 6.48 Å². The Bertz CT molecular complexity index is 3650. The molecule has 13 rings (SSSR count). The van der Waals surface area contributed by atoms with Gasteiger partial charge in [0.25, 0.3) is 0 Å². The van der Waals surface area contributed by atoms with E-state index in [1.807, 2.05) is 11.3 Å². The lowest BCUT2D eigenvalue weighted by Crippen LogP contribution is -2.26. The minimum atomic E-state index is -0.0787. The molecule has 0 aliphatic heterocycles. The average Bonchev–Trinajstić information content (AvgIpc) is 4.23. The maximum atomic E-state index is 2.60. The van der Waals surface area contributed by atoms with Gasteiger partial charge in [0.2, 0.25) is 0 Å². The molecule has 2 nitrogen and oxygen atoms in total. The molecule has 0 radical (unpaired) electrons. The summed E-state index contributed by atoms with van der Waals surface area (Å²) in [4.78, 5) is 4.87. The van der Waals surface area contributed by atoms with Crippen molar-refractivity contribution in [2.75, 3.05) is 9.80 Å². The number of para-hydroxylation sites is 4. The quantitative estimate of drug-likeness (QED) is 0.0750. The van der Waals surface area contributed by atoms with E-state index < -0.39 is 0 Å². The highest BCUT2D eigenvalue weighted by Gasteiger charge is 2.44. The lowest BCUT2D eigenvalue weighted by atomic mass is 9.70. The van der Waals surface area contributed by atoms with Gasteiger partial charge in [-0.25, -0.2) is 0 Å². The van der Waals surface area contributed by atoms with Gasteiger partial charge in [-0.05, 0) is 202 Å². The Hall–Kier alpha value is -7.98. The molecule has 3 heteroatoms. The molecule has 2 aliphatic carbocycles. The van der Waals surface area contributed by atoms with Crippen molar-refractivity contribution in [3.05, 3.63) is 253 Å². The van der Waals surface area contributed by atoms with E-state index >= 15 is 0 Å². The van der Waals surface area contributed by atoms with E-state index in [0.717, 1.165) is 25.7 Å². The van der Waals surface area contributed by atoms with Gasteiger partial charge in [-0.3, -0.25) is 0 Å². The molecule has 0 spiro atoms. The van der Waals surface area contributed by atoms with E-state index in [0.29, 0.717) is 0 Å². The standard InChI is InChI=1S/C78H74N2S/c1-5-9-45-77(46-10-6-2)71-51-57(33-39-65(71)67-41-37-63(53-73(67)77)79(59-25-17-13-18-26-59)60-27-19-14-20-28-60)55-35-43-75-69(49-55)70-50-56(36-44-76(70)81-75)58-34-40-66-68-42-38-64(80(61-29-21-15-22-30-61)62-31-23-16-24-32-62)54-74(68)78(47-11-7-3,48-12-8-4)72(66)52-58/h13-44,49-54H,5-12,45-48H2,1-4H3. The molecular formula is C78H74N2S. The normalized spacial score (nSPS) is 13.5. The summed E-state index contributed by atoms with van der Waals surface area (Å²) in [6.45, 7) is 9.43. The molecular weight excluding hydrogens is 997 g/mol. The number of nitrogens with zero attached hydrogens (tertiary/aromatic N) is 2. The summed E-state index contributed by atoms with van der Waals surface area (Å²) in [6.07, 6.45) is 14.0. The largest absolute Gasteiger partial charge is 0.310 e.